The maximum Gasteiger partial charge on any atom is 0.305 e. The van der Waals surface area contributed by atoms with Gasteiger partial charge in [-0.05, 0) is 154 Å². The van der Waals surface area contributed by atoms with Gasteiger partial charge in [-0.25, -0.2) is 0 Å². The van der Waals surface area contributed by atoms with E-state index in [4.69, 9.17) is 44.0 Å². The predicted octanol–water partition coefficient (Wildman–Crippen LogP) is 12.0. The number of benzene rings is 9. The Morgan fingerprint density at radius 1 is 0.254 bits per heavy atom. The lowest BCUT2D eigenvalue weighted by molar-refractivity contribution is -0.141. The van der Waals surface area contributed by atoms with E-state index < -0.39 is 120 Å². The summed E-state index contributed by atoms with van der Waals surface area (Å²) in [6, 6.07) is 75.9. The van der Waals surface area contributed by atoms with Crippen molar-refractivity contribution in [1.82, 2.24) is 16.0 Å². The van der Waals surface area contributed by atoms with Crippen LogP contribution in [0.2, 0.25) is 0 Å². The quantitative estimate of drug-likeness (QED) is 0.0158. The molecule has 17 N–H and O–H groups in total. The molecule has 0 aliphatic carbocycles. The zero-order valence-corrected chi connectivity index (χ0v) is 67.9. The number of nitrogens with one attached hydrogen (secondary N) is 3. The molecule has 6 atom stereocenters. The van der Waals surface area contributed by atoms with Crippen molar-refractivity contribution in [2.75, 3.05) is 6.54 Å². The van der Waals surface area contributed by atoms with Crippen LogP contribution in [-0.4, -0.2) is 128 Å². The fourth-order valence-corrected chi connectivity index (χ4v) is 13.5. The van der Waals surface area contributed by atoms with Crippen LogP contribution in [0.3, 0.4) is 0 Å². The van der Waals surface area contributed by atoms with Gasteiger partial charge in [0.25, 0.3) is 0 Å². The molecule has 7 amide bonds. The number of carbonyl (C=O) groups excluding carboxylic acids is 10. The molecule has 9 rings (SSSR count). The maximum absolute atomic E-state index is 13.0. The molecule has 0 saturated heterocycles. The summed E-state index contributed by atoms with van der Waals surface area (Å²) in [6.07, 6.45) is 0.313. The standard InChI is InChI=1S/C33H39N3O5.C32H35N3O6.C31H32N2O7/c34-21-5-4-8-29(30(37)22-28(33(35)41)18-20-32(39)40)36-31(38)19-11-23-9-12-25(13-10-23)27-16-14-26(15-17-27)24-6-2-1-3-7-24;33-29(37)17-16-27(28(36)20-26(32(34)41)15-19-31(39)40)35-30(38)18-8-21-6-9-23(10-7-21)25-13-11-24(12-14-25)22-4-2-1-3-5-22;32-31(40)25(15-17-29(36)37)18-27(34)26(19-30(38)39)33-28(35)16-8-20-6-9-22(10-7-20)24-13-11-23(12-14-24)21-4-2-1-3-5-21/h1-3,6-7,9-10,12-17,28-29H,4-5,8,11,18-22,34H2,(H2,35,41)(H,36,38)(H,39,40);1-7,9-14,26-27H,8,15-20H2,(H2,33,37)(H2,34,41)(H,35,38)(H,39,40);1-7,9-14,25-26H,8,15-19H2,(H2,32,40)(H,33,35)(H,36,37)(H,38,39)/t28-,29+;26-,27+;25-,26+/m111/s1. The predicted molar refractivity (Wildman–Crippen MR) is 464 cm³/mol. The van der Waals surface area contributed by atoms with Crippen molar-refractivity contribution in [3.63, 3.8) is 0 Å². The van der Waals surface area contributed by atoms with E-state index in [1.807, 2.05) is 127 Å². The van der Waals surface area contributed by atoms with Crippen LogP contribution in [0.25, 0.3) is 66.8 Å². The number of rotatable bonds is 48. The molecule has 26 heteroatoms. The van der Waals surface area contributed by atoms with Crippen LogP contribution >= 0.6 is 0 Å². The zero-order chi connectivity index (χ0) is 88.5. The molecule has 0 spiro atoms. The summed E-state index contributed by atoms with van der Waals surface area (Å²) in [4.78, 5) is 167. The second kappa shape index (κ2) is 50.1. The van der Waals surface area contributed by atoms with Crippen molar-refractivity contribution in [3.05, 3.63) is 253 Å². The van der Waals surface area contributed by atoms with E-state index in [1.54, 1.807) is 0 Å². The van der Waals surface area contributed by atoms with E-state index in [2.05, 4.69) is 125 Å². The molecule has 0 aliphatic heterocycles. The summed E-state index contributed by atoms with van der Waals surface area (Å²) in [6.45, 7) is 0.463. The number of Topliss-reactive ketones (excluding diaryl/α,β-unsaturated/α-hetero) is 3. The Hall–Kier alpha value is -13.9. The van der Waals surface area contributed by atoms with Gasteiger partial charge in [0, 0.05) is 82.0 Å². The number of carbonyl (C=O) groups is 14. The normalized spacial score (nSPS) is 12.2. The van der Waals surface area contributed by atoms with Gasteiger partial charge in [-0.2, -0.15) is 0 Å². The van der Waals surface area contributed by atoms with Crippen LogP contribution in [0.15, 0.2) is 237 Å². The van der Waals surface area contributed by atoms with Crippen LogP contribution in [-0.2, 0) is 86.4 Å². The Morgan fingerprint density at radius 3 is 0.730 bits per heavy atom. The molecule has 0 aromatic heterocycles. The molecule has 0 bridgehead atoms. The number of unbranched alkanes of at least 4 members (excludes halogenated alkanes) is 1. The number of carboxylic acids is 4. The third-order valence-electron chi connectivity index (χ3n) is 20.6. The lowest BCUT2D eigenvalue weighted by Crippen LogP contribution is -2.43. The average molecular weight is 1660 g/mol. The van der Waals surface area contributed by atoms with Crippen molar-refractivity contribution in [1.29, 1.82) is 0 Å². The Morgan fingerprint density at radius 2 is 0.492 bits per heavy atom. The third kappa shape index (κ3) is 33.9. The third-order valence-corrected chi connectivity index (χ3v) is 20.6. The highest BCUT2D eigenvalue weighted by atomic mass is 16.4. The Bertz CT molecular complexity index is 4980. The summed E-state index contributed by atoms with van der Waals surface area (Å²) in [5, 5.41) is 43.7. The molecule has 0 radical (unpaired) electrons. The van der Waals surface area contributed by atoms with Crippen LogP contribution in [0.5, 0.6) is 0 Å². The van der Waals surface area contributed by atoms with Crippen LogP contribution in [0.1, 0.15) is 132 Å². The molecular formula is C96H106N8O18. The SMILES string of the molecule is NC(=O)CC[C@H](NC(=O)CCc1ccc(-c2ccc(-c3ccccc3)cc2)cc1)C(=O)C[C@@H](CCC(=O)O)C(N)=O.NC(=O)[C@H](CCC(=O)O)CC(=O)[C@H](CC(=O)O)NC(=O)CCc1ccc(-c2ccc(-c3ccccc3)cc2)cc1.NCCCC[C@H](NC(=O)CCc1ccc(-c2ccc(-c3ccccc3)cc2)cc1)C(=O)C[C@@H](CCC(=O)O)C(N)=O. The Kier molecular flexibility index (Phi) is 39.1. The van der Waals surface area contributed by atoms with E-state index in [0.29, 0.717) is 45.1 Å². The minimum atomic E-state index is -1.35. The van der Waals surface area contributed by atoms with Gasteiger partial charge in [0.2, 0.25) is 41.4 Å². The first-order chi connectivity index (χ1) is 58.5. The largest absolute Gasteiger partial charge is 0.481 e. The fraction of sp³-hybridized carbons (Fsp3) is 0.292. The summed E-state index contributed by atoms with van der Waals surface area (Å²) in [5.41, 5.74) is 42.9. The first-order valence-corrected chi connectivity index (χ1v) is 40.4. The first-order valence-electron chi connectivity index (χ1n) is 40.4. The lowest BCUT2D eigenvalue weighted by atomic mass is 9.91. The van der Waals surface area contributed by atoms with E-state index in [0.717, 1.165) is 77.9 Å². The first kappa shape index (κ1) is 95.3. The number of ketones is 3. The fourth-order valence-electron chi connectivity index (χ4n) is 13.5. The van der Waals surface area contributed by atoms with Crippen molar-refractivity contribution in [2.45, 2.75) is 153 Å². The number of aliphatic carboxylic acids is 4. The van der Waals surface area contributed by atoms with Crippen molar-refractivity contribution in [2.24, 2.45) is 46.4 Å². The van der Waals surface area contributed by atoms with Gasteiger partial charge < -0.3 is 65.0 Å². The van der Waals surface area contributed by atoms with E-state index in [1.165, 1.54) is 5.56 Å². The summed E-state index contributed by atoms with van der Waals surface area (Å²) in [7, 11) is 0. The molecule has 9 aromatic rings. The highest BCUT2D eigenvalue weighted by molar-refractivity contribution is 5.96. The number of nitrogens with two attached hydrogens (primary N) is 5. The number of carboxylic acid groups (broad SMARTS) is 4. The molecule has 0 heterocycles. The molecule has 122 heavy (non-hydrogen) atoms. The Labute approximate surface area is 708 Å². The van der Waals surface area contributed by atoms with E-state index in [-0.39, 0.29) is 95.2 Å². The maximum atomic E-state index is 13.0. The lowest BCUT2D eigenvalue weighted by Gasteiger charge is -2.20. The van der Waals surface area contributed by atoms with Gasteiger partial charge in [0.05, 0.1) is 24.5 Å². The molecule has 9 aromatic carbocycles. The van der Waals surface area contributed by atoms with Crippen LogP contribution in [0.4, 0.5) is 0 Å². The van der Waals surface area contributed by atoms with Crippen molar-refractivity contribution >= 4 is 82.6 Å². The monoisotopic (exact) mass is 1660 g/mol. The molecule has 26 nitrogen and oxygen atoms in total. The Balaban J connectivity index is 0.000000252. The van der Waals surface area contributed by atoms with Gasteiger partial charge in [0.1, 0.15) is 0 Å². The molecule has 0 saturated carbocycles. The van der Waals surface area contributed by atoms with Gasteiger partial charge in [-0.3, -0.25) is 67.1 Å². The summed E-state index contributed by atoms with van der Waals surface area (Å²) in [5.74, 6) is -13.3. The number of amides is 7. The van der Waals surface area contributed by atoms with Gasteiger partial charge in [0.15, 0.2) is 17.3 Å². The van der Waals surface area contributed by atoms with Crippen LogP contribution < -0.4 is 44.6 Å². The highest BCUT2D eigenvalue weighted by Gasteiger charge is 2.31. The summed E-state index contributed by atoms with van der Waals surface area (Å²) >= 11 is 0. The van der Waals surface area contributed by atoms with Crippen molar-refractivity contribution in [3.8, 4) is 66.8 Å². The summed E-state index contributed by atoms with van der Waals surface area (Å²) < 4.78 is 0. The minimum Gasteiger partial charge on any atom is -0.481 e. The molecule has 0 aliphatic rings. The highest BCUT2D eigenvalue weighted by Crippen LogP contribution is 2.30. The van der Waals surface area contributed by atoms with Gasteiger partial charge >= 0.3 is 23.9 Å². The van der Waals surface area contributed by atoms with E-state index in [9.17, 15) is 72.2 Å². The second-order valence-corrected chi connectivity index (χ2v) is 29.8. The molecule has 0 fully saturated rings. The second-order valence-electron chi connectivity index (χ2n) is 29.8. The minimum absolute atomic E-state index is 0.0206. The number of aryl methyl sites for hydroxylation is 3. The number of hydrogen-bond donors (Lipinski definition) is 12. The number of hydrogen-bond acceptors (Lipinski definition) is 15. The van der Waals surface area contributed by atoms with Crippen LogP contribution in [0, 0.1) is 17.8 Å². The number of primary amides is 4. The van der Waals surface area contributed by atoms with Gasteiger partial charge in [-0.15, -0.1) is 0 Å². The van der Waals surface area contributed by atoms with Gasteiger partial charge in [-0.1, -0.05) is 237 Å². The molecular weight excluding hydrogens is 1550 g/mol. The molecule has 0 unspecified atom stereocenters. The van der Waals surface area contributed by atoms with Crippen molar-refractivity contribution < 1.29 is 87.5 Å². The topological polar surface area (TPSA) is 486 Å². The smallest absolute Gasteiger partial charge is 0.305 e. The zero-order valence-electron chi connectivity index (χ0n) is 67.9. The molecule has 638 valence electrons. The van der Waals surface area contributed by atoms with E-state index >= 15 is 0 Å². The average Bonchev–Trinajstić information content (AvgIpc) is 0.844.